The summed E-state index contributed by atoms with van der Waals surface area (Å²) in [5.74, 6) is 4.55. The number of rotatable bonds is 5. The number of hydrogen-bond acceptors (Lipinski definition) is 4. The minimum absolute atomic E-state index is 0.122. The first kappa shape index (κ1) is 18.0. The van der Waals surface area contributed by atoms with Gasteiger partial charge in [-0.25, -0.2) is 14.3 Å². The molecule has 0 aliphatic heterocycles. The lowest BCUT2D eigenvalue weighted by Crippen LogP contribution is -2.43. The van der Waals surface area contributed by atoms with E-state index in [-0.39, 0.29) is 4.90 Å². The van der Waals surface area contributed by atoms with Gasteiger partial charge in [-0.1, -0.05) is 23.8 Å². The average molecular weight is 347 g/mol. The second-order valence-electron chi connectivity index (χ2n) is 5.74. The second-order valence-corrected chi connectivity index (χ2v) is 7.60. The fraction of sp³-hybridized carbons (Fsp3) is 0.235. The Hall–Kier alpha value is -2.38. The van der Waals surface area contributed by atoms with Crippen LogP contribution in [0.15, 0.2) is 47.4 Å². The molecule has 0 aromatic heterocycles. The first-order valence-electron chi connectivity index (χ1n) is 7.41. The standard InChI is InChI=1S/C17H21N3O3S/c1-12-4-6-16(7-5-12)24(22,23)20(11-17(21)19-18)15-9-13(2)8-14(3)10-15/h4-10H,11,18H2,1-3H3,(H,19,21). The van der Waals surface area contributed by atoms with Crippen LogP contribution in [0.1, 0.15) is 16.7 Å². The maximum Gasteiger partial charge on any atom is 0.264 e. The predicted octanol–water partition coefficient (Wildman–Crippen LogP) is 1.80. The maximum atomic E-state index is 13.0. The molecule has 0 aliphatic rings. The van der Waals surface area contributed by atoms with Gasteiger partial charge in [-0.2, -0.15) is 0 Å². The number of amides is 1. The van der Waals surface area contributed by atoms with Crippen LogP contribution in [0.3, 0.4) is 0 Å². The maximum absolute atomic E-state index is 13.0. The second kappa shape index (κ2) is 7.02. The molecule has 1 amide bonds. The fourth-order valence-corrected chi connectivity index (χ4v) is 3.83. The Morgan fingerprint density at radius 1 is 1.00 bits per heavy atom. The first-order chi connectivity index (χ1) is 11.2. The topological polar surface area (TPSA) is 92.5 Å². The summed E-state index contributed by atoms with van der Waals surface area (Å²) in [6, 6.07) is 11.9. The molecule has 3 N–H and O–H groups in total. The number of carbonyl (C=O) groups is 1. The van der Waals surface area contributed by atoms with Crippen molar-refractivity contribution in [2.24, 2.45) is 5.84 Å². The molecule has 24 heavy (non-hydrogen) atoms. The van der Waals surface area contributed by atoms with Crippen molar-refractivity contribution in [2.75, 3.05) is 10.8 Å². The summed E-state index contributed by atoms with van der Waals surface area (Å²) in [6.07, 6.45) is 0. The third-order valence-electron chi connectivity index (χ3n) is 3.55. The van der Waals surface area contributed by atoms with Gasteiger partial charge in [0.1, 0.15) is 6.54 Å². The van der Waals surface area contributed by atoms with E-state index in [9.17, 15) is 13.2 Å². The molecule has 0 radical (unpaired) electrons. The largest absolute Gasteiger partial charge is 0.293 e. The van der Waals surface area contributed by atoms with Gasteiger partial charge in [-0.05, 0) is 56.2 Å². The van der Waals surface area contributed by atoms with E-state index in [1.165, 1.54) is 12.1 Å². The minimum Gasteiger partial charge on any atom is -0.293 e. The van der Waals surface area contributed by atoms with Gasteiger partial charge in [-0.15, -0.1) is 0 Å². The van der Waals surface area contributed by atoms with Gasteiger partial charge in [0, 0.05) is 0 Å². The quantitative estimate of drug-likeness (QED) is 0.490. The highest BCUT2D eigenvalue weighted by Gasteiger charge is 2.27. The summed E-state index contributed by atoms with van der Waals surface area (Å²) in [7, 11) is -3.89. The molecule has 0 bridgehead atoms. The number of sulfonamides is 1. The van der Waals surface area contributed by atoms with Gasteiger partial charge in [0.2, 0.25) is 0 Å². The number of nitrogens with zero attached hydrogens (tertiary/aromatic N) is 1. The molecular weight excluding hydrogens is 326 g/mol. The molecule has 2 aromatic rings. The summed E-state index contributed by atoms with van der Waals surface area (Å²) in [5, 5.41) is 0. The molecule has 6 nitrogen and oxygen atoms in total. The van der Waals surface area contributed by atoms with E-state index in [4.69, 9.17) is 5.84 Å². The van der Waals surface area contributed by atoms with Crippen LogP contribution in [-0.2, 0) is 14.8 Å². The molecule has 0 fully saturated rings. The van der Waals surface area contributed by atoms with Crippen LogP contribution in [0.5, 0.6) is 0 Å². The Labute approximate surface area is 142 Å². The number of hydrogen-bond donors (Lipinski definition) is 2. The van der Waals surface area contributed by atoms with Crippen molar-refractivity contribution >= 4 is 21.6 Å². The summed E-state index contributed by atoms with van der Waals surface area (Å²) < 4.78 is 27.1. The normalized spacial score (nSPS) is 11.2. The van der Waals surface area contributed by atoms with Gasteiger partial charge in [0.25, 0.3) is 15.9 Å². The molecule has 0 aliphatic carbocycles. The highest BCUT2D eigenvalue weighted by molar-refractivity contribution is 7.92. The monoisotopic (exact) mass is 347 g/mol. The van der Waals surface area contributed by atoms with Crippen molar-refractivity contribution in [3.05, 3.63) is 59.2 Å². The lowest BCUT2D eigenvalue weighted by atomic mass is 10.1. The molecule has 2 rings (SSSR count). The van der Waals surface area contributed by atoms with Crippen LogP contribution < -0.4 is 15.6 Å². The number of nitrogens with two attached hydrogens (primary N) is 1. The lowest BCUT2D eigenvalue weighted by molar-refractivity contribution is -0.119. The van der Waals surface area contributed by atoms with Gasteiger partial charge in [0.05, 0.1) is 10.6 Å². The van der Waals surface area contributed by atoms with E-state index >= 15 is 0 Å². The van der Waals surface area contributed by atoms with Crippen molar-refractivity contribution in [3.63, 3.8) is 0 Å². The molecule has 2 aromatic carbocycles. The number of hydrazine groups is 1. The molecule has 0 unspecified atom stereocenters. The van der Waals surface area contributed by atoms with Gasteiger partial charge in [-0.3, -0.25) is 14.5 Å². The summed E-state index contributed by atoms with van der Waals surface area (Å²) in [4.78, 5) is 11.9. The van der Waals surface area contributed by atoms with E-state index in [0.717, 1.165) is 21.0 Å². The van der Waals surface area contributed by atoms with Crippen molar-refractivity contribution < 1.29 is 13.2 Å². The van der Waals surface area contributed by atoms with Crippen LogP contribution in [0, 0.1) is 20.8 Å². The summed E-state index contributed by atoms with van der Waals surface area (Å²) in [5.41, 5.74) is 5.17. The number of carbonyl (C=O) groups excluding carboxylic acids is 1. The van der Waals surface area contributed by atoms with Crippen molar-refractivity contribution in [1.82, 2.24) is 5.43 Å². The zero-order valence-electron chi connectivity index (χ0n) is 13.9. The van der Waals surface area contributed by atoms with E-state index in [2.05, 4.69) is 0 Å². The highest BCUT2D eigenvalue weighted by atomic mass is 32.2. The van der Waals surface area contributed by atoms with Crippen molar-refractivity contribution in [2.45, 2.75) is 25.7 Å². The number of nitrogens with one attached hydrogen (secondary N) is 1. The Bertz CT molecular complexity index is 826. The van der Waals surface area contributed by atoms with Crippen LogP contribution in [0.25, 0.3) is 0 Å². The van der Waals surface area contributed by atoms with Gasteiger partial charge >= 0.3 is 0 Å². The minimum atomic E-state index is -3.89. The Morgan fingerprint density at radius 2 is 1.54 bits per heavy atom. The number of anilines is 1. The number of aryl methyl sites for hydroxylation is 3. The molecule has 0 saturated heterocycles. The van der Waals surface area contributed by atoms with E-state index < -0.39 is 22.5 Å². The van der Waals surface area contributed by atoms with Gasteiger partial charge < -0.3 is 0 Å². The lowest BCUT2D eigenvalue weighted by Gasteiger charge is -2.24. The van der Waals surface area contributed by atoms with Gasteiger partial charge in [0.15, 0.2) is 0 Å². The Balaban J connectivity index is 2.56. The molecule has 128 valence electrons. The third kappa shape index (κ3) is 3.93. The van der Waals surface area contributed by atoms with Crippen LogP contribution in [0.2, 0.25) is 0 Å². The summed E-state index contributed by atoms with van der Waals surface area (Å²) >= 11 is 0. The molecule has 0 saturated carbocycles. The molecule has 0 atom stereocenters. The molecule has 0 heterocycles. The van der Waals surface area contributed by atoms with Crippen LogP contribution in [-0.4, -0.2) is 20.9 Å². The Kier molecular flexibility index (Phi) is 5.26. The van der Waals surface area contributed by atoms with E-state index in [0.29, 0.717) is 5.69 Å². The third-order valence-corrected chi connectivity index (χ3v) is 5.34. The number of benzene rings is 2. The predicted molar refractivity (Wildman–Crippen MR) is 94.0 cm³/mol. The smallest absolute Gasteiger partial charge is 0.264 e. The van der Waals surface area contributed by atoms with E-state index in [1.807, 2.05) is 32.3 Å². The fourth-order valence-electron chi connectivity index (χ4n) is 2.42. The molecule has 7 heteroatoms. The van der Waals surface area contributed by atoms with Crippen LogP contribution in [0.4, 0.5) is 5.69 Å². The first-order valence-corrected chi connectivity index (χ1v) is 8.85. The molecular formula is C17H21N3O3S. The molecule has 0 spiro atoms. The van der Waals surface area contributed by atoms with Crippen molar-refractivity contribution in [3.8, 4) is 0 Å². The SMILES string of the molecule is Cc1ccc(S(=O)(=O)N(CC(=O)NN)c2cc(C)cc(C)c2)cc1. The van der Waals surface area contributed by atoms with Crippen molar-refractivity contribution in [1.29, 1.82) is 0 Å². The summed E-state index contributed by atoms with van der Waals surface area (Å²) in [6.45, 7) is 5.22. The Morgan fingerprint density at radius 3 is 2.04 bits per heavy atom. The zero-order valence-corrected chi connectivity index (χ0v) is 14.7. The highest BCUT2D eigenvalue weighted by Crippen LogP contribution is 2.26. The van der Waals surface area contributed by atoms with E-state index in [1.54, 1.807) is 24.3 Å². The van der Waals surface area contributed by atoms with Crippen LogP contribution >= 0.6 is 0 Å². The zero-order chi connectivity index (χ0) is 17.9. The average Bonchev–Trinajstić information content (AvgIpc) is 2.51.